The minimum Gasteiger partial charge on any atom is -0.243 e. The number of hydrogen-bond acceptors (Lipinski definition) is 0. The summed E-state index contributed by atoms with van der Waals surface area (Å²) in [5.74, 6) is -0.306. The molecule has 0 spiro atoms. The van der Waals surface area contributed by atoms with Crippen molar-refractivity contribution in [1.29, 1.82) is 0 Å². The van der Waals surface area contributed by atoms with Crippen LogP contribution in [0.3, 0.4) is 0 Å². The molecular weight excluding hydrogens is 134 g/mol. The van der Waals surface area contributed by atoms with E-state index in [-0.39, 0.29) is 5.83 Å². The van der Waals surface area contributed by atoms with Crippen LogP contribution in [0.25, 0.3) is 0 Å². The highest BCUT2D eigenvalue weighted by molar-refractivity contribution is 5.14. The SMILES string of the molecule is C/C(=C/C=C(\C)F)C(C)F. The summed E-state index contributed by atoms with van der Waals surface area (Å²) in [6, 6.07) is 0. The lowest BCUT2D eigenvalue weighted by Crippen LogP contribution is -1.92. The fourth-order valence-corrected chi connectivity index (χ4v) is 0.379. The molecular formula is C8H12F2. The Labute approximate surface area is 60.2 Å². The first kappa shape index (κ1) is 9.34. The highest BCUT2D eigenvalue weighted by atomic mass is 19.1. The van der Waals surface area contributed by atoms with Gasteiger partial charge in [0.25, 0.3) is 0 Å². The van der Waals surface area contributed by atoms with Crippen LogP contribution < -0.4 is 0 Å². The van der Waals surface area contributed by atoms with Gasteiger partial charge in [-0.05, 0) is 32.4 Å². The maximum Gasteiger partial charge on any atom is 0.118 e. The molecule has 0 saturated carbocycles. The summed E-state index contributed by atoms with van der Waals surface area (Å²) in [6.45, 7) is 4.38. The molecule has 0 aromatic rings. The van der Waals surface area contributed by atoms with Gasteiger partial charge in [-0.3, -0.25) is 0 Å². The topological polar surface area (TPSA) is 0 Å². The maximum atomic E-state index is 12.3. The van der Waals surface area contributed by atoms with Crippen LogP contribution in [0.1, 0.15) is 20.8 Å². The smallest absolute Gasteiger partial charge is 0.118 e. The van der Waals surface area contributed by atoms with Crippen molar-refractivity contribution >= 4 is 0 Å². The average molecular weight is 146 g/mol. The number of rotatable bonds is 2. The second kappa shape index (κ2) is 4.20. The zero-order chi connectivity index (χ0) is 8.15. The molecule has 0 N–H and O–H groups in total. The van der Waals surface area contributed by atoms with Crippen molar-refractivity contribution < 1.29 is 8.78 Å². The minimum absolute atomic E-state index is 0.306. The highest BCUT2D eigenvalue weighted by Gasteiger charge is 1.97. The monoisotopic (exact) mass is 146 g/mol. The number of halogens is 2. The van der Waals surface area contributed by atoms with E-state index in [1.165, 1.54) is 26.0 Å². The molecule has 0 nitrogen and oxygen atoms in total. The van der Waals surface area contributed by atoms with E-state index in [0.29, 0.717) is 5.57 Å². The summed E-state index contributed by atoms with van der Waals surface area (Å²) in [6.07, 6.45) is 1.71. The molecule has 10 heavy (non-hydrogen) atoms. The van der Waals surface area contributed by atoms with Crippen LogP contribution in [-0.2, 0) is 0 Å². The van der Waals surface area contributed by atoms with Gasteiger partial charge in [-0.1, -0.05) is 6.08 Å². The summed E-state index contributed by atoms with van der Waals surface area (Å²) >= 11 is 0. The largest absolute Gasteiger partial charge is 0.243 e. The van der Waals surface area contributed by atoms with Crippen molar-refractivity contribution in [3.63, 3.8) is 0 Å². The quantitative estimate of drug-likeness (QED) is 0.525. The Morgan fingerprint density at radius 1 is 1.30 bits per heavy atom. The minimum atomic E-state index is -0.990. The van der Waals surface area contributed by atoms with Crippen molar-refractivity contribution in [3.05, 3.63) is 23.6 Å². The van der Waals surface area contributed by atoms with E-state index < -0.39 is 6.17 Å². The van der Waals surface area contributed by atoms with Crippen molar-refractivity contribution in [2.75, 3.05) is 0 Å². The molecule has 0 radical (unpaired) electrons. The lowest BCUT2D eigenvalue weighted by Gasteiger charge is -1.97. The Hall–Kier alpha value is -0.660. The van der Waals surface area contributed by atoms with Crippen LogP contribution >= 0.6 is 0 Å². The molecule has 0 aliphatic rings. The third-order valence-corrected chi connectivity index (χ3v) is 1.20. The van der Waals surface area contributed by atoms with E-state index in [4.69, 9.17) is 0 Å². The van der Waals surface area contributed by atoms with Crippen LogP contribution in [0, 0.1) is 0 Å². The fraction of sp³-hybridized carbons (Fsp3) is 0.500. The van der Waals surface area contributed by atoms with Crippen LogP contribution in [0.4, 0.5) is 8.78 Å². The second-order valence-electron chi connectivity index (χ2n) is 2.28. The summed E-state index contributed by atoms with van der Waals surface area (Å²) in [4.78, 5) is 0. The summed E-state index contributed by atoms with van der Waals surface area (Å²) in [5, 5.41) is 0. The molecule has 0 fully saturated rings. The molecule has 58 valence electrons. The van der Waals surface area contributed by atoms with E-state index in [9.17, 15) is 8.78 Å². The molecule has 0 rings (SSSR count). The van der Waals surface area contributed by atoms with Crippen LogP contribution in [0.2, 0.25) is 0 Å². The van der Waals surface area contributed by atoms with Crippen LogP contribution in [-0.4, -0.2) is 6.17 Å². The van der Waals surface area contributed by atoms with E-state index in [1.54, 1.807) is 6.92 Å². The van der Waals surface area contributed by atoms with Crippen molar-refractivity contribution in [2.45, 2.75) is 26.9 Å². The van der Waals surface area contributed by atoms with Gasteiger partial charge in [0.1, 0.15) is 6.17 Å². The van der Waals surface area contributed by atoms with Gasteiger partial charge in [-0.15, -0.1) is 0 Å². The zero-order valence-corrected chi connectivity index (χ0v) is 6.49. The van der Waals surface area contributed by atoms with Gasteiger partial charge in [0, 0.05) is 0 Å². The Morgan fingerprint density at radius 3 is 2.10 bits per heavy atom. The Morgan fingerprint density at radius 2 is 1.80 bits per heavy atom. The molecule has 0 bridgehead atoms. The van der Waals surface area contributed by atoms with Crippen LogP contribution in [0.15, 0.2) is 23.6 Å². The normalized spacial score (nSPS) is 17.3. The fourth-order valence-electron chi connectivity index (χ4n) is 0.379. The predicted octanol–water partition coefficient (Wildman–Crippen LogP) is 3.16. The van der Waals surface area contributed by atoms with Gasteiger partial charge in [0.05, 0.1) is 5.83 Å². The first-order chi connectivity index (χ1) is 4.54. The molecule has 0 saturated heterocycles. The van der Waals surface area contributed by atoms with Gasteiger partial charge in [0.15, 0.2) is 0 Å². The van der Waals surface area contributed by atoms with E-state index in [0.717, 1.165) is 0 Å². The first-order valence-electron chi connectivity index (χ1n) is 3.18. The Balaban J connectivity index is 4.05. The number of allylic oxidation sites excluding steroid dienone is 4. The third kappa shape index (κ3) is 4.24. The van der Waals surface area contributed by atoms with Crippen molar-refractivity contribution in [3.8, 4) is 0 Å². The predicted molar refractivity (Wildman–Crippen MR) is 39.2 cm³/mol. The highest BCUT2D eigenvalue weighted by Crippen LogP contribution is 2.05. The summed E-state index contributed by atoms with van der Waals surface area (Å²) in [7, 11) is 0. The molecule has 0 amide bonds. The maximum absolute atomic E-state index is 12.3. The lowest BCUT2D eigenvalue weighted by molar-refractivity contribution is 0.411. The van der Waals surface area contributed by atoms with Gasteiger partial charge in [-0.2, -0.15) is 0 Å². The van der Waals surface area contributed by atoms with Crippen molar-refractivity contribution in [2.24, 2.45) is 0 Å². The summed E-state index contributed by atoms with van der Waals surface area (Å²) < 4.78 is 24.3. The first-order valence-corrected chi connectivity index (χ1v) is 3.18. The molecule has 0 aromatic heterocycles. The lowest BCUT2D eigenvalue weighted by atomic mass is 10.2. The average Bonchev–Trinajstić information content (AvgIpc) is 1.82. The number of alkyl halides is 1. The van der Waals surface area contributed by atoms with Crippen molar-refractivity contribution in [1.82, 2.24) is 0 Å². The van der Waals surface area contributed by atoms with E-state index in [2.05, 4.69) is 0 Å². The molecule has 1 atom stereocenters. The van der Waals surface area contributed by atoms with E-state index in [1.807, 2.05) is 0 Å². The van der Waals surface area contributed by atoms with Gasteiger partial charge in [-0.25, -0.2) is 8.78 Å². The second-order valence-corrected chi connectivity index (χ2v) is 2.28. The summed E-state index contributed by atoms with van der Waals surface area (Å²) in [5.41, 5.74) is 0.539. The molecule has 0 aliphatic heterocycles. The molecule has 0 heterocycles. The van der Waals surface area contributed by atoms with Crippen LogP contribution in [0.5, 0.6) is 0 Å². The van der Waals surface area contributed by atoms with Gasteiger partial charge in [0.2, 0.25) is 0 Å². The zero-order valence-electron chi connectivity index (χ0n) is 6.49. The Kier molecular flexibility index (Phi) is 3.93. The molecule has 2 heteroatoms. The number of hydrogen-bond donors (Lipinski definition) is 0. The molecule has 0 aromatic carbocycles. The van der Waals surface area contributed by atoms with Gasteiger partial charge < -0.3 is 0 Å². The third-order valence-electron chi connectivity index (χ3n) is 1.20. The molecule has 1 unspecified atom stereocenters. The van der Waals surface area contributed by atoms with Gasteiger partial charge >= 0.3 is 0 Å². The van der Waals surface area contributed by atoms with E-state index >= 15 is 0 Å². The standard InChI is InChI=1S/C8H12F2/c1-6(8(3)10)4-5-7(2)9/h4-5,8H,1-3H3/b6-4-,7-5+. The Bertz CT molecular complexity index is 151. The molecule has 0 aliphatic carbocycles.